The van der Waals surface area contributed by atoms with Crippen molar-refractivity contribution in [1.82, 2.24) is 4.72 Å². The highest BCUT2D eigenvalue weighted by atomic mass is 35.5. The number of rotatable bonds is 0. The van der Waals surface area contributed by atoms with Gasteiger partial charge in [-0.2, -0.15) is 0 Å². The number of nitrogens with zero attached hydrogens (tertiary/aromatic N) is 1. The number of hydrogen-bond donors (Lipinski definition) is 2. The van der Waals surface area contributed by atoms with Gasteiger partial charge in [0, 0.05) is 34.3 Å². The molecule has 6 atom stereocenters. The normalized spacial score (nSPS) is 34.4. The number of hydrogen-bond acceptors (Lipinski definition) is 5. The van der Waals surface area contributed by atoms with Crippen molar-refractivity contribution < 1.29 is 14.6 Å². The molecule has 4 bridgehead atoms. The van der Waals surface area contributed by atoms with Crippen molar-refractivity contribution in [2.24, 2.45) is 17.8 Å². The molecule has 2 aliphatic heterocycles. The number of carbonyl (C=O) groups excluding carboxylic acids is 1. The average Bonchev–Trinajstić information content (AvgIpc) is 3.09. The van der Waals surface area contributed by atoms with Gasteiger partial charge in [-0.1, -0.05) is 36.2 Å². The van der Waals surface area contributed by atoms with Gasteiger partial charge in [-0.3, -0.25) is 9.52 Å². The van der Waals surface area contributed by atoms with Crippen LogP contribution in [0.3, 0.4) is 0 Å². The Labute approximate surface area is 246 Å². The molecule has 2 aromatic carbocycles. The maximum absolute atomic E-state index is 13.4. The Morgan fingerprint density at radius 1 is 1.07 bits per heavy atom. The van der Waals surface area contributed by atoms with Gasteiger partial charge in [0.2, 0.25) is 0 Å². The second-order valence-electron chi connectivity index (χ2n) is 12.8. The van der Waals surface area contributed by atoms with Crippen molar-refractivity contribution in [3.63, 3.8) is 0 Å². The highest BCUT2D eigenvalue weighted by Crippen LogP contribution is 2.47. The predicted molar refractivity (Wildman–Crippen MR) is 162 cm³/mol. The third kappa shape index (κ3) is 5.05. The lowest BCUT2D eigenvalue weighted by atomic mass is 9.68. The van der Waals surface area contributed by atoms with Crippen molar-refractivity contribution in [2.75, 3.05) is 24.6 Å². The summed E-state index contributed by atoms with van der Waals surface area (Å²) in [5, 5.41) is 12.4. The molecule has 2 saturated carbocycles. The van der Waals surface area contributed by atoms with Crippen LogP contribution < -0.4 is 14.4 Å². The first-order valence-electron chi connectivity index (χ1n) is 15.1. The first-order chi connectivity index (χ1) is 19.5. The topological polar surface area (TPSA) is 61.8 Å². The van der Waals surface area contributed by atoms with Crippen LogP contribution in [0.25, 0.3) is 0 Å². The molecule has 0 saturated heterocycles. The molecule has 7 heteroatoms. The lowest BCUT2D eigenvalue weighted by Crippen LogP contribution is -2.49. The molecule has 1 spiro atoms. The minimum absolute atomic E-state index is 0.0360. The Bertz CT molecular complexity index is 1320. The summed E-state index contributed by atoms with van der Waals surface area (Å²) in [4.78, 5) is 15.8. The summed E-state index contributed by atoms with van der Waals surface area (Å²) in [6.07, 6.45) is 13.8. The van der Waals surface area contributed by atoms with Crippen LogP contribution in [0.5, 0.6) is 5.75 Å². The summed E-state index contributed by atoms with van der Waals surface area (Å²) in [6, 6.07) is 12.3. The summed E-state index contributed by atoms with van der Waals surface area (Å²) < 4.78 is 9.77. The van der Waals surface area contributed by atoms with E-state index < -0.39 is 6.10 Å². The molecule has 0 aromatic heterocycles. The fourth-order valence-corrected chi connectivity index (χ4v) is 9.10. The zero-order valence-electron chi connectivity index (χ0n) is 23.0. The van der Waals surface area contributed by atoms with E-state index in [2.05, 4.69) is 33.9 Å². The number of aliphatic hydroxyl groups excluding tert-OH is 1. The maximum atomic E-state index is 13.4. The van der Waals surface area contributed by atoms with Gasteiger partial charge in [-0.05, 0) is 123 Å². The molecule has 2 heterocycles. The number of benzene rings is 2. The number of aliphatic hydroxyl groups is 1. The lowest BCUT2D eigenvalue weighted by Gasteiger charge is -2.45. The molecule has 3 aliphatic carbocycles. The fraction of sp³-hybridized carbons (Fsp3) is 0.545. The first kappa shape index (κ1) is 26.7. The van der Waals surface area contributed by atoms with E-state index in [4.69, 9.17) is 16.3 Å². The van der Waals surface area contributed by atoms with Crippen molar-refractivity contribution >= 4 is 35.1 Å². The molecule has 7 rings (SSSR count). The molecule has 2 N–H and O–H groups in total. The largest absolute Gasteiger partial charge is 0.490 e. The SMILES string of the molecule is O=C1NS[C@H]2CCC[C@@H](/C=C/[C@H](O)[C@@H]3CC[C@H]3CN3C[C@@]4(CCCc5cc(Cl)ccc54)COc4ccc1cc43)C2. The number of fused-ring (bicyclic) bond motifs is 6. The van der Waals surface area contributed by atoms with E-state index in [0.717, 1.165) is 87.3 Å². The van der Waals surface area contributed by atoms with Crippen LogP contribution >= 0.6 is 23.5 Å². The summed E-state index contributed by atoms with van der Waals surface area (Å²) in [5.74, 6) is 1.94. The monoisotopic (exact) mass is 578 g/mol. The van der Waals surface area contributed by atoms with Crippen LogP contribution in [0.1, 0.15) is 72.9 Å². The summed E-state index contributed by atoms with van der Waals surface area (Å²) in [7, 11) is 0. The van der Waals surface area contributed by atoms with Gasteiger partial charge in [-0.25, -0.2) is 0 Å². The number of halogens is 1. The van der Waals surface area contributed by atoms with Crippen LogP contribution in [-0.4, -0.2) is 42.1 Å². The van der Waals surface area contributed by atoms with Gasteiger partial charge in [0.25, 0.3) is 5.91 Å². The second-order valence-corrected chi connectivity index (χ2v) is 14.3. The third-order valence-corrected chi connectivity index (χ3v) is 11.5. The molecular formula is C33H39ClN2O3S. The van der Waals surface area contributed by atoms with Gasteiger partial charge in [0.1, 0.15) is 5.75 Å². The molecule has 1 amide bonds. The molecule has 5 nitrogen and oxygen atoms in total. The quantitative estimate of drug-likeness (QED) is 0.269. The first-order valence-corrected chi connectivity index (χ1v) is 16.4. The number of carbonyl (C=O) groups is 1. The molecule has 5 aliphatic rings. The molecule has 0 radical (unpaired) electrons. The molecule has 2 fully saturated rings. The standard InChI is InChI=1S/C33H39ClN2O3S/c34-25-9-11-28-22(16-25)4-2-14-33(28)19-36-18-24-7-10-27(24)30(37)12-6-21-3-1-5-26(15-21)40-35-32(38)23-8-13-31(39-20-33)29(36)17-23/h6,8-9,11-13,16-17,21,24,26-27,30,37H,1-5,7,10,14-15,18-20H2,(H,35,38)/b12-6+/t21-,24-,26-,27+,30-,33-/m0/s1. The van der Waals surface area contributed by atoms with E-state index in [1.807, 2.05) is 24.3 Å². The fourth-order valence-electron chi connectivity index (χ4n) is 7.88. The van der Waals surface area contributed by atoms with Gasteiger partial charge in [0.15, 0.2) is 0 Å². The summed E-state index contributed by atoms with van der Waals surface area (Å²) in [5.41, 5.74) is 4.20. The van der Waals surface area contributed by atoms with Gasteiger partial charge in [-0.15, -0.1) is 0 Å². The molecule has 0 unspecified atom stereocenters. The second kappa shape index (κ2) is 10.9. The third-order valence-electron chi connectivity index (χ3n) is 10.2. The molecule has 212 valence electrons. The Balaban J connectivity index is 1.27. The maximum Gasteiger partial charge on any atom is 0.261 e. The smallest absolute Gasteiger partial charge is 0.261 e. The van der Waals surface area contributed by atoms with Crippen LogP contribution in [-0.2, 0) is 11.8 Å². The van der Waals surface area contributed by atoms with Crippen LogP contribution in [0.15, 0.2) is 48.6 Å². The van der Waals surface area contributed by atoms with Crippen molar-refractivity contribution in [2.45, 2.75) is 74.6 Å². The average molecular weight is 579 g/mol. The zero-order valence-corrected chi connectivity index (χ0v) is 24.6. The molecule has 40 heavy (non-hydrogen) atoms. The minimum Gasteiger partial charge on any atom is -0.490 e. The van der Waals surface area contributed by atoms with E-state index >= 15 is 0 Å². The Morgan fingerprint density at radius 2 is 2.00 bits per heavy atom. The van der Waals surface area contributed by atoms with E-state index in [9.17, 15) is 9.90 Å². The summed E-state index contributed by atoms with van der Waals surface area (Å²) in [6.45, 7) is 2.28. The van der Waals surface area contributed by atoms with Gasteiger partial charge < -0.3 is 14.7 Å². The minimum atomic E-state index is -0.403. The number of amides is 1. The van der Waals surface area contributed by atoms with Crippen LogP contribution in [0.4, 0.5) is 5.69 Å². The van der Waals surface area contributed by atoms with Gasteiger partial charge in [0.05, 0.1) is 18.4 Å². The Hall–Kier alpha value is -2.15. The summed E-state index contributed by atoms with van der Waals surface area (Å²) >= 11 is 7.98. The highest BCUT2D eigenvalue weighted by molar-refractivity contribution is 7.98. The number of anilines is 1. The van der Waals surface area contributed by atoms with Crippen LogP contribution in [0, 0.1) is 17.8 Å². The number of aryl methyl sites for hydroxylation is 1. The number of nitrogens with one attached hydrogen (secondary N) is 1. The number of ether oxygens (including phenoxy) is 1. The van der Waals surface area contributed by atoms with E-state index in [0.29, 0.717) is 29.3 Å². The van der Waals surface area contributed by atoms with Crippen LogP contribution in [0.2, 0.25) is 5.02 Å². The highest BCUT2D eigenvalue weighted by Gasteiger charge is 2.44. The van der Waals surface area contributed by atoms with Gasteiger partial charge >= 0.3 is 0 Å². The van der Waals surface area contributed by atoms with Crippen molar-refractivity contribution in [1.29, 1.82) is 0 Å². The van der Waals surface area contributed by atoms with E-state index in [1.54, 1.807) is 11.9 Å². The predicted octanol–water partition coefficient (Wildman–Crippen LogP) is 6.71. The molecular weight excluding hydrogens is 540 g/mol. The van der Waals surface area contributed by atoms with Crippen molar-refractivity contribution in [3.05, 3.63) is 70.3 Å². The van der Waals surface area contributed by atoms with E-state index in [-0.39, 0.29) is 17.2 Å². The van der Waals surface area contributed by atoms with Crippen molar-refractivity contribution in [3.8, 4) is 5.75 Å². The Kier molecular flexibility index (Phi) is 7.30. The lowest BCUT2D eigenvalue weighted by molar-refractivity contribution is 0.0453. The Morgan fingerprint density at radius 3 is 2.88 bits per heavy atom. The number of allylic oxidation sites excluding steroid dienone is 1. The van der Waals surface area contributed by atoms with E-state index in [1.165, 1.54) is 11.1 Å². The molecule has 2 aromatic rings. The zero-order chi connectivity index (χ0) is 27.3.